The molecule has 1 atom stereocenters. The summed E-state index contributed by atoms with van der Waals surface area (Å²) in [4.78, 5) is 25.4. The molecule has 0 spiro atoms. The SMILES string of the molecule is Cc1c(O)cccc1C(=O)N1CCNC(=O)C1C. The van der Waals surface area contributed by atoms with E-state index in [1.165, 1.54) is 4.90 Å². The topological polar surface area (TPSA) is 69.6 Å². The van der Waals surface area contributed by atoms with Gasteiger partial charge in [0.25, 0.3) is 5.91 Å². The van der Waals surface area contributed by atoms with E-state index in [1.807, 2.05) is 0 Å². The number of carbonyl (C=O) groups is 2. The maximum Gasteiger partial charge on any atom is 0.254 e. The molecule has 1 aromatic carbocycles. The summed E-state index contributed by atoms with van der Waals surface area (Å²) in [5.74, 6) is -0.270. The maximum atomic E-state index is 12.4. The number of carbonyl (C=O) groups excluding carboxylic acids is 2. The molecule has 1 aliphatic rings. The summed E-state index contributed by atoms with van der Waals surface area (Å²) in [5.41, 5.74) is 0.984. The van der Waals surface area contributed by atoms with Crippen molar-refractivity contribution in [2.24, 2.45) is 0 Å². The molecule has 0 radical (unpaired) electrons. The van der Waals surface area contributed by atoms with Crippen LogP contribution in [0.25, 0.3) is 0 Å². The highest BCUT2D eigenvalue weighted by Crippen LogP contribution is 2.22. The number of aromatic hydroxyl groups is 1. The lowest BCUT2D eigenvalue weighted by molar-refractivity contribution is -0.127. The van der Waals surface area contributed by atoms with Gasteiger partial charge in [0.15, 0.2) is 0 Å². The lowest BCUT2D eigenvalue weighted by Crippen LogP contribution is -2.55. The molecule has 5 nitrogen and oxygen atoms in total. The Bertz CT molecular complexity index is 499. The molecular formula is C13H16N2O3. The summed E-state index contributed by atoms with van der Waals surface area (Å²) in [6, 6.07) is 4.35. The minimum Gasteiger partial charge on any atom is -0.508 e. The second-order valence-corrected chi connectivity index (χ2v) is 4.42. The smallest absolute Gasteiger partial charge is 0.254 e. The lowest BCUT2D eigenvalue weighted by Gasteiger charge is -2.33. The largest absolute Gasteiger partial charge is 0.508 e. The number of hydrogen-bond acceptors (Lipinski definition) is 3. The number of benzene rings is 1. The standard InChI is InChI=1S/C13H16N2O3/c1-8-10(4-3-5-11(8)16)13(18)15-7-6-14-12(17)9(15)2/h3-5,9,16H,6-7H2,1-2H3,(H,14,17). The third-order valence-corrected chi connectivity index (χ3v) is 3.30. The van der Waals surface area contributed by atoms with Gasteiger partial charge in [-0.15, -0.1) is 0 Å². The average Bonchev–Trinajstić information content (AvgIpc) is 2.35. The lowest BCUT2D eigenvalue weighted by atomic mass is 10.0. The van der Waals surface area contributed by atoms with Crippen LogP contribution in [0.5, 0.6) is 5.75 Å². The summed E-state index contributed by atoms with van der Waals surface area (Å²) in [6.07, 6.45) is 0. The second kappa shape index (κ2) is 4.68. The molecule has 1 fully saturated rings. The molecule has 1 aromatic rings. The number of phenolic OH excluding ortho intramolecular Hbond substituents is 1. The highest BCUT2D eigenvalue weighted by molar-refractivity contribution is 5.99. The molecule has 5 heteroatoms. The molecule has 1 aliphatic heterocycles. The van der Waals surface area contributed by atoms with Crippen molar-refractivity contribution in [1.82, 2.24) is 10.2 Å². The van der Waals surface area contributed by atoms with Crippen molar-refractivity contribution < 1.29 is 14.7 Å². The zero-order valence-electron chi connectivity index (χ0n) is 10.4. The van der Waals surface area contributed by atoms with Crippen LogP contribution in [0.3, 0.4) is 0 Å². The highest BCUT2D eigenvalue weighted by atomic mass is 16.3. The van der Waals surface area contributed by atoms with Gasteiger partial charge in [-0.2, -0.15) is 0 Å². The van der Waals surface area contributed by atoms with Crippen molar-refractivity contribution in [3.05, 3.63) is 29.3 Å². The van der Waals surface area contributed by atoms with Crippen molar-refractivity contribution in [3.63, 3.8) is 0 Å². The zero-order chi connectivity index (χ0) is 13.3. The first-order valence-electron chi connectivity index (χ1n) is 5.89. The summed E-state index contributed by atoms with van der Waals surface area (Å²) >= 11 is 0. The molecule has 2 rings (SSSR count). The Morgan fingerprint density at radius 3 is 2.94 bits per heavy atom. The van der Waals surface area contributed by atoms with E-state index in [2.05, 4.69) is 5.32 Å². The van der Waals surface area contributed by atoms with E-state index < -0.39 is 6.04 Å². The number of piperazine rings is 1. The number of amides is 2. The van der Waals surface area contributed by atoms with Gasteiger partial charge in [0.2, 0.25) is 5.91 Å². The fourth-order valence-corrected chi connectivity index (χ4v) is 2.07. The van der Waals surface area contributed by atoms with Crippen LogP contribution in [-0.2, 0) is 4.79 Å². The van der Waals surface area contributed by atoms with Crippen LogP contribution in [0.4, 0.5) is 0 Å². The Balaban J connectivity index is 2.31. The van der Waals surface area contributed by atoms with Gasteiger partial charge in [-0.1, -0.05) is 6.07 Å². The van der Waals surface area contributed by atoms with Gasteiger partial charge >= 0.3 is 0 Å². The van der Waals surface area contributed by atoms with Crippen LogP contribution in [0, 0.1) is 6.92 Å². The van der Waals surface area contributed by atoms with Crippen LogP contribution in [0.15, 0.2) is 18.2 Å². The fourth-order valence-electron chi connectivity index (χ4n) is 2.07. The Hall–Kier alpha value is -2.04. The quantitative estimate of drug-likeness (QED) is 0.767. The van der Waals surface area contributed by atoms with Crippen LogP contribution in [0.1, 0.15) is 22.8 Å². The van der Waals surface area contributed by atoms with E-state index in [0.29, 0.717) is 24.2 Å². The molecule has 1 heterocycles. The van der Waals surface area contributed by atoms with Crippen molar-refractivity contribution in [1.29, 1.82) is 0 Å². The maximum absolute atomic E-state index is 12.4. The molecule has 0 aromatic heterocycles. The number of nitrogens with one attached hydrogen (secondary N) is 1. The first-order chi connectivity index (χ1) is 8.52. The molecule has 96 valence electrons. The molecule has 0 bridgehead atoms. The number of phenols is 1. The molecule has 0 aliphatic carbocycles. The number of nitrogens with zero attached hydrogens (tertiary/aromatic N) is 1. The first-order valence-corrected chi connectivity index (χ1v) is 5.89. The van der Waals surface area contributed by atoms with Crippen molar-refractivity contribution in [2.75, 3.05) is 13.1 Å². The second-order valence-electron chi connectivity index (χ2n) is 4.42. The third-order valence-electron chi connectivity index (χ3n) is 3.30. The summed E-state index contributed by atoms with van der Waals surface area (Å²) in [5, 5.41) is 12.3. The molecule has 18 heavy (non-hydrogen) atoms. The van der Waals surface area contributed by atoms with Gasteiger partial charge in [0.05, 0.1) is 0 Å². The molecule has 2 N–H and O–H groups in total. The third kappa shape index (κ3) is 2.03. The Morgan fingerprint density at radius 2 is 2.22 bits per heavy atom. The van der Waals surface area contributed by atoms with Gasteiger partial charge in [0, 0.05) is 24.2 Å². The van der Waals surface area contributed by atoms with Crippen LogP contribution >= 0.6 is 0 Å². The van der Waals surface area contributed by atoms with Gasteiger partial charge in [-0.05, 0) is 26.0 Å². The van der Waals surface area contributed by atoms with Gasteiger partial charge in [0.1, 0.15) is 11.8 Å². The van der Waals surface area contributed by atoms with E-state index in [-0.39, 0.29) is 17.6 Å². The normalized spacial score (nSPS) is 19.6. The van der Waals surface area contributed by atoms with E-state index >= 15 is 0 Å². The zero-order valence-corrected chi connectivity index (χ0v) is 10.4. The average molecular weight is 248 g/mol. The van der Waals surface area contributed by atoms with Crippen molar-refractivity contribution >= 4 is 11.8 Å². The molecular weight excluding hydrogens is 232 g/mol. The van der Waals surface area contributed by atoms with Gasteiger partial charge < -0.3 is 15.3 Å². The summed E-state index contributed by atoms with van der Waals surface area (Å²) in [6.45, 7) is 4.34. The predicted molar refractivity (Wildman–Crippen MR) is 66.4 cm³/mol. The summed E-state index contributed by atoms with van der Waals surface area (Å²) < 4.78 is 0. The Kier molecular flexibility index (Phi) is 3.23. The van der Waals surface area contributed by atoms with Crippen molar-refractivity contribution in [3.8, 4) is 5.75 Å². The first kappa shape index (κ1) is 12.4. The monoisotopic (exact) mass is 248 g/mol. The minimum absolute atomic E-state index is 0.0926. The van der Waals surface area contributed by atoms with Gasteiger partial charge in [-0.25, -0.2) is 0 Å². The fraction of sp³-hybridized carbons (Fsp3) is 0.385. The van der Waals surface area contributed by atoms with E-state index in [4.69, 9.17) is 0 Å². The van der Waals surface area contributed by atoms with Crippen LogP contribution < -0.4 is 5.32 Å². The number of hydrogen-bond donors (Lipinski definition) is 2. The van der Waals surface area contributed by atoms with Crippen molar-refractivity contribution in [2.45, 2.75) is 19.9 Å². The van der Waals surface area contributed by atoms with Crippen LogP contribution in [-0.4, -0.2) is 41.0 Å². The molecule has 2 amide bonds. The number of rotatable bonds is 1. The molecule has 1 saturated heterocycles. The van der Waals surface area contributed by atoms with Crippen LogP contribution in [0.2, 0.25) is 0 Å². The minimum atomic E-state index is -0.479. The van der Waals surface area contributed by atoms with E-state index in [9.17, 15) is 14.7 Å². The Morgan fingerprint density at radius 1 is 1.50 bits per heavy atom. The van der Waals surface area contributed by atoms with E-state index in [0.717, 1.165) is 0 Å². The highest BCUT2D eigenvalue weighted by Gasteiger charge is 2.30. The molecule has 1 unspecified atom stereocenters. The molecule has 0 saturated carbocycles. The Labute approximate surface area is 105 Å². The summed E-state index contributed by atoms with van der Waals surface area (Å²) in [7, 11) is 0. The van der Waals surface area contributed by atoms with Gasteiger partial charge in [-0.3, -0.25) is 9.59 Å². The predicted octanol–water partition coefficient (Wildman–Crippen LogP) is 0.661. The van der Waals surface area contributed by atoms with E-state index in [1.54, 1.807) is 32.0 Å².